The molecule has 0 spiro atoms. The molecule has 0 aliphatic rings. The van der Waals surface area contributed by atoms with Gasteiger partial charge in [-0.2, -0.15) is 0 Å². The van der Waals surface area contributed by atoms with Crippen molar-refractivity contribution in [3.05, 3.63) is 18.0 Å². The summed E-state index contributed by atoms with van der Waals surface area (Å²) >= 11 is 0. The quantitative estimate of drug-likeness (QED) is 0.703. The maximum atomic E-state index is 11.5. The molecule has 1 aromatic rings. The summed E-state index contributed by atoms with van der Waals surface area (Å²) in [5.74, 6) is -0.189. The molecule has 1 rings (SSSR count). The third kappa shape index (κ3) is 3.69. The van der Waals surface area contributed by atoms with Crippen molar-refractivity contribution in [1.82, 2.24) is 10.3 Å². The maximum absolute atomic E-state index is 11.5. The smallest absolute Gasteiger partial charge is 0.267 e. The van der Waals surface area contributed by atoms with Crippen LogP contribution in [0.4, 0.5) is 5.69 Å². The minimum Gasteiger partial charge on any atom is -0.397 e. The van der Waals surface area contributed by atoms with Gasteiger partial charge in [-0.25, -0.2) is 0 Å². The zero-order valence-corrected chi connectivity index (χ0v) is 10.3. The summed E-state index contributed by atoms with van der Waals surface area (Å²) in [7, 11) is -0.845. The molecule has 5 nitrogen and oxygen atoms in total. The number of nitrogens with two attached hydrogens (primary N) is 1. The monoisotopic (exact) mass is 243 g/mol. The summed E-state index contributed by atoms with van der Waals surface area (Å²) in [5, 5.41) is 2.83. The summed E-state index contributed by atoms with van der Waals surface area (Å²) in [6, 6.07) is 1.58. The Morgan fingerprint density at radius 1 is 1.69 bits per heavy atom. The highest BCUT2D eigenvalue weighted by Gasteiger charge is 2.09. The molecule has 0 saturated heterocycles. The summed E-state index contributed by atoms with van der Waals surface area (Å²) in [6.45, 7) is 2.41. The molecule has 2 atom stereocenters. The van der Waals surface area contributed by atoms with Crippen molar-refractivity contribution >= 4 is 22.4 Å². The Balaban J connectivity index is 2.34. The van der Waals surface area contributed by atoms with Crippen LogP contribution in [0.2, 0.25) is 0 Å². The summed E-state index contributed by atoms with van der Waals surface area (Å²) < 4.78 is 11.1. The van der Waals surface area contributed by atoms with Gasteiger partial charge in [-0.05, 0) is 12.5 Å². The second-order valence-corrected chi connectivity index (χ2v) is 5.50. The molecule has 0 aromatic carbocycles. The van der Waals surface area contributed by atoms with E-state index in [0.29, 0.717) is 24.3 Å². The van der Waals surface area contributed by atoms with Gasteiger partial charge in [0.05, 0.1) is 0 Å². The lowest BCUT2D eigenvalue weighted by Crippen LogP contribution is -2.27. The van der Waals surface area contributed by atoms with E-state index in [-0.39, 0.29) is 11.2 Å². The first-order valence-corrected chi connectivity index (χ1v) is 6.67. The predicted octanol–water partition coefficient (Wildman–Crippen LogP) is 0.484. The van der Waals surface area contributed by atoms with E-state index in [0.717, 1.165) is 0 Å². The van der Waals surface area contributed by atoms with Crippen molar-refractivity contribution in [2.24, 2.45) is 0 Å². The lowest BCUT2D eigenvalue weighted by Gasteiger charge is -2.08. The normalized spacial score (nSPS) is 14.4. The van der Waals surface area contributed by atoms with Gasteiger partial charge < -0.3 is 16.0 Å². The number of hydrogen-bond donors (Lipinski definition) is 3. The number of rotatable bonds is 5. The first-order chi connectivity index (χ1) is 7.50. The number of amides is 1. The molecule has 1 aromatic heterocycles. The van der Waals surface area contributed by atoms with Gasteiger partial charge in [0.2, 0.25) is 0 Å². The molecule has 0 bridgehead atoms. The lowest BCUT2D eigenvalue weighted by molar-refractivity contribution is 0.0949. The highest BCUT2D eigenvalue weighted by atomic mass is 32.2. The molecule has 1 amide bonds. The van der Waals surface area contributed by atoms with Gasteiger partial charge in [0.15, 0.2) is 0 Å². The third-order valence-electron chi connectivity index (χ3n) is 2.35. The minimum absolute atomic E-state index is 0.0917. The number of hydrogen-bond acceptors (Lipinski definition) is 3. The Hall–Kier alpha value is -1.30. The van der Waals surface area contributed by atoms with Crippen molar-refractivity contribution in [3.8, 4) is 0 Å². The Morgan fingerprint density at radius 2 is 2.38 bits per heavy atom. The van der Waals surface area contributed by atoms with Crippen LogP contribution in [0.15, 0.2) is 12.3 Å². The van der Waals surface area contributed by atoms with Crippen molar-refractivity contribution in [3.63, 3.8) is 0 Å². The SMILES string of the molecule is CC(CCNC(=O)c1cc(N)c[nH]1)S(C)=O. The van der Waals surface area contributed by atoms with E-state index in [2.05, 4.69) is 10.3 Å². The van der Waals surface area contributed by atoms with E-state index < -0.39 is 10.8 Å². The lowest BCUT2D eigenvalue weighted by atomic mass is 10.3. The number of carbonyl (C=O) groups excluding carboxylic acids is 1. The van der Waals surface area contributed by atoms with Crippen LogP contribution in [0.5, 0.6) is 0 Å². The second kappa shape index (κ2) is 5.69. The van der Waals surface area contributed by atoms with E-state index >= 15 is 0 Å². The van der Waals surface area contributed by atoms with E-state index in [1.54, 1.807) is 18.5 Å². The number of aromatic nitrogens is 1. The van der Waals surface area contributed by atoms with Crippen LogP contribution in [0, 0.1) is 0 Å². The summed E-state index contributed by atoms with van der Waals surface area (Å²) in [6.07, 6.45) is 3.93. The van der Waals surface area contributed by atoms with Gasteiger partial charge in [0, 0.05) is 40.7 Å². The van der Waals surface area contributed by atoms with Crippen LogP contribution in [0.1, 0.15) is 23.8 Å². The van der Waals surface area contributed by atoms with Crippen LogP contribution in [-0.4, -0.2) is 33.2 Å². The van der Waals surface area contributed by atoms with Crippen LogP contribution in [-0.2, 0) is 10.8 Å². The number of anilines is 1. The fourth-order valence-corrected chi connectivity index (χ4v) is 1.64. The average Bonchev–Trinajstić information content (AvgIpc) is 2.64. The van der Waals surface area contributed by atoms with E-state index in [1.807, 2.05) is 6.92 Å². The molecule has 4 N–H and O–H groups in total. The zero-order chi connectivity index (χ0) is 12.1. The molecule has 1 heterocycles. The first kappa shape index (κ1) is 12.8. The largest absolute Gasteiger partial charge is 0.397 e. The van der Waals surface area contributed by atoms with Gasteiger partial charge in [-0.15, -0.1) is 0 Å². The first-order valence-electron chi connectivity index (χ1n) is 5.05. The van der Waals surface area contributed by atoms with E-state index in [1.165, 1.54) is 0 Å². The van der Waals surface area contributed by atoms with Gasteiger partial charge >= 0.3 is 0 Å². The number of H-pyrrole nitrogens is 1. The standard InChI is InChI=1S/C10H17N3O2S/c1-7(16(2)15)3-4-12-10(14)9-5-8(11)6-13-9/h5-7,13H,3-4,11H2,1-2H3,(H,12,14). The van der Waals surface area contributed by atoms with Gasteiger partial charge in [0.25, 0.3) is 5.91 Å². The fourth-order valence-electron chi connectivity index (χ4n) is 1.19. The fraction of sp³-hybridized carbons (Fsp3) is 0.500. The van der Waals surface area contributed by atoms with Gasteiger partial charge in [0.1, 0.15) is 5.69 Å². The zero-order valence-electron chi connectivity index (χ0n) is 9.45. The van der Waals surface area contributed by atoms with E-state index in [4.69, 9.17) is 5.73 Å². The van der Waals surface area contributed by atoms with Crippen molar-refractivity contribution < 1.29 is 9.00 Å². The summed E-state index contributed by atoms with van der Waals surface area (Å²) in [4.78, 5) is 14.3. The van der Waals surface area contributed by atoms with Crippen molar-refractivity contribution in [2.45, 2.75) is 18.6 Å². The number of nitrogens with one attached hydrogen (secondary N) is 2. The van der Waals surface area contributed by atoms with E-state index in [9.17, 15) is 9.00 Å². The molecule has 0 aliphatic heterocycles. The van der Waals surface area contributed by atoms with Crippen LogP contribution >= 0.6 is 0 Å². The molecular weight excluding hydrogens is 226 g/mol. The Labute approximate surface area is 97.3 Å². The molecule has 6 heteroatoms. The topological polar surface area (TPSA) is 88.0 Å². The minimum atomic E-state index is -0.845. The molecule has 90 valence electrons. The second-order valence-electron chi connectivity index (χ2n) is 3.70. The number of aromatic amines is 1. The molecule has 0 radical (unpaired) electrons. The maximum Gasteiger partial charge on any atom is 0.267 e. The van der Waals surface area contributed by atoms with Crippen LogP contribution in [0.25, 0.3) is 0 Å². The Bertz CT molecular complexity index is 389. The Kier molecular flexibility index (Phi) is 4.54. The van der Waals surface area contributed by atoms with Crippen LogP contribution < -0.4 is 11.1 Å². The van der Waals surface area contributed by atoms with Gasteiger partial charge in [-0.1, -0.05) is 6.92 Å². The molecule has 0 fully saturated rings. The molecule has 0 aliphatic carbocycles. The molecule has 2 unspecified atom stereocenters. The van der Waals surface area contributed by atoms with Crippen molar-refractivity contribution in [1.29, 1.82) is 0 Å². The van der Waals surface area contributed by atoms with Crippen LogP contribution in [0.3, 0.4) is 0 Å². The number of carbonyl (C=O) groups is 1. The number of nitrogen functional groups attached to an aromatic ring is 1. The molecular formula is C10H17N3O2S. The van der Waals surface area contributed by atoms with Crippen molar-refractivity contribution in [2.75, 3.05) is 18.5 Å². The van der Waals surface area contributed by atoms with Gasteiger partial charge in [-0.3, -0.25) is 9.00 Å². The molecule has 16 heavy (non-hydrogen) atoms. The Morgan fingerprint density at radius 3 is 2.88 bits per heavy atom. The highest BCUT2D eigenvalue weighted by molar-refractivity contribution is 7.84. The summed E-state index contributed by atoms with van der Waals surface area (Å²) in [5.41, 5.74) is 6.46. The molecule has 0 saturated carbocycles. The third-order valence-corrected chi connectivity index (χ3v) is 3.72. The average molecular weight is 243 g/mol. The predicted molar refractivity (Wildman–Crippen MR) is 65.7 cm³/mol. The highest BCUT2D eigenvalue weighted by Crippen LogP contribution is 2.04.